The van der Waals surface area contributed by atoms with Gasteiger partial charge in [-0.3, -0.25) is 9.69 Å². The Labute approximate surface area is 314 Å². The minimum Gasteiger partial charge on any atom is -0.443 e. The van der Waals surface area contributed by atoms with Crippen molar-refractivity contribution in [3.63, 3.8) is 0 Å². The van der Waals surface area contributed by atoms with Crippen LogP contribution in [0.25, 0.3) is 22.2 Å². The molecule has 5 rings (SSSR count). The molecule has 1 fully saturated rings. The fourth-order valence-corrected chi connectivity index (χ4v) is 6.46. The lowest BCUT2D eigenvalue weighted by atomic mass is 9.88. The molecule has 12 nitrogen and oxygen atoms in total. The molecule has 0 saturated carbocycles. The highest BCUT2D eigenvalue weighted by molar-refractivity contribution is 6.09. The number of likely N-dealkylation sites (tertiary alicyclic amines) is 1. The van der Waals surface area contributed by atoms with E-state index in [0.717, 1.165) is 42.6 Å². The van der Waals surface area contributed by atoms with Crippen molar-refractivity contribution in [2.24, 2.45) is 7.05 Å². The molecule has 4 aromatic rings. The molecule has 12 heteroatoms. The smallest absolute Gasteiger partial charge is 0.425 e. The molecule has 274 valence electrons. The summed E-state index contributed by atoms with van der Waals surface area (Å²) in [4.78, 5) is 51.6. The Kier molecular flexibility index (Phi) is 8.61. The third kappa shape index (κ3) is 8.26. The molecule has 0 spiro atoms. The lowest BCUT2D eigenvalue weighted by molar-refractivity contribution is 0.0428. The molecule has 3 aromatic heterocycles. The van der Waals surface area contributed by atoms with E-state index in [4.69, 9.17) is 17.7 Å². The zero-order valence-electron chi connectivity index (χ0n) is 36.9. The van der Waals surface area contributed by atoms with E-state index in [9.17, 15) is 19.6 Å². The molecular weight excluding hydrogens is 658 g/mol. The summed E-state index contributed by atoms with van der Waals surface area (Å²) in [6.07, 6.45) is 1.29. The van der Waals surface area contributed by atoms with E-state index in [1.165, 1.54) is 18.2 Å². The second kappa shape index (κ2) is 14.8. The second-order valence-corrected chi connectivity index (χ2v) is 14.9. The number of rotatable bonds is 6. The van der Waals surface area contributed by atoms with Crippen LogP contribution in [0, 0.1) is 11.3 Å². The average molecular weight is 714 g/mol. The van der Waals surface area contributed by atoms with E-state index in [0.29, 0.717) is 21.7 Å². The minimum atomic E-state index is -3.12. The number of amides is 3. The summed E-state index contributed by atoms with van der Waals surface area (Å²) in [5, 5.41) is 11.1. The predicted octanol–water partition coefficient (Wildman–Crippen LogP) is 7.83. The Hall–Kier alpha value is -5.28. The summed E-state index contributed by atoms with van der Waals surface area (Å²) in [6, 6.07) is 15.5. The zero-order valence-corrected chi connectivity index (χ0v) is 30.9. The second-order valence-electron chi connectivity index (χ2n) is 14.9. The van der Waals surface area contributed by atoms with E-state index in [-0.39, 0.29) is 33.9 Å². The summed E-state index contributed by atoms with van der Waals surface area (Å²) in [7, 11) is 1.94. The van der Waals surface area contributed by atoms with Gasteiger partial charge in [0.1, 0.15) is 28.7 Å². The van der Waals surface area contributed by atoms with Crippen LogP contribution >= 0.6 is 0 Å². The molecule has 4 heterocycles. The molecule has 1 aliphatic heterocycles. The Morgan fingerprint density at radius 3 is 2.12 bits per heavy atom. The Bertz CT molecular complexity index is 2180. The van der Waals surface area contributed by atoms with Crippen LogP contribution in [0.2, 0.25) is 0 Å². The summed E-state index contributed by atoms with van der Waals surface area (Å²) in [5.41, 5.74) is 1.95. The zero-order chi connectivity index (χ0) is 43.1. The van der Waals surface area contributed by atoms with Crippen molar-refractivity contribution < 1.29 is 32.1 Å². The van der Waals surface area contributed by atoms with Crippen molar-refractivity contribution in [2.75, 3.05) is 31.9 Å². The number of pyridine rings is 2. The number of hydrogen-bond acceptors (Lipinski definition) is 9. The van der Waals surface area contributed by atoms with Gasteiger partial charge >= 0.3 is 12.2 Å². The highest BCUT2D eigenvalue weighted by atomic mass is 16.6. The fourth-order valence-electron chi connectivity index (χ4n) is 6.46. The summed E-state index contributed by atoms with van der Waals surface area (Å²) < 4.78 is 58.4. The maximum absolute atomic E-state index is 13.3. The van der Waals surface area contributed by atoms with E-state index in [2.05, 4.69) is 33.9 Å². The van der Waals surface area contributed by atoms with Crippen LogP contribution in [0.4, 0.5) is 15.4 Å². The van der Waals surface area contributed by atoms with E-state index >= 15 is 0 Å². The third-order valence-electron chi connectivity index (χ3n) is 8.96. The molecule has 1 aromatic carbocycles. The number of nitrogens with zero attached hydrogens (tertiary/aromatic N) is 7. The van der Waals surface area contributed by atoms with Gasteiger partial charge in [0.05, 0.1) is 0 Å². The lowest BCUT2D eigenvalue weighted by Crippen LogP contribution is -2.44. The Morgan fingerprint density at radius 1 is 0.942 bits per heavy atom. The van der Waals surface area contributed by atoms with Gasteiger partial charge in [0, 0.05) is 63.7 Å². The van der Waals surface area contributed by atoms with Gasteiger partial charge in [-0.05, 0) is 128 Å². The van der Waals surface area contributed by atoms with Gasteiger partial charge in [-0.2, -0.15) is 10.2 Å². The first-order valence-corrected chi connectivity index (χ1v) is 17.1. The fraction of sp³-hybridized carbons (Fsp3) is 0.450. The lowest BCUT2D eigenvalue weighted by Gasteiger charge is -2.36. The largest absolute Gasteiger partial charge is 0.443 e. The molecule has 3 amide bonds. The number of ether oxygens (including phenoxy) is 2. The number of aryl methyl sites for hydroxylation is 1. The molecule has 0 aliphatic carbocycles. The number of hydrogen-bond donors (Lipinski definition) is 0. The molecule has 0 radical (unpaired) electrons. The molecule has 1 saturated heterocycles. The normalized spacial score (nSPS) is 17.0. The maximum Gasteiger partial charge on any atom is 0.425 e. The van der Waals surface area contributed by atoms with Crippen LogP contribution < -0.4 is 4.90 Å². The van der Waals surface area contributed by atoms with Crippen molar-refractivity contribution >= 4 is 34.9 Å². The standard InChI is InChI=1S/C40H49N7O5/c1-25(46-21-18-27(19-22-46)26-11-13-28(14-12-26)36(48)44(8)9)33-23-31-29(17-20-42-35(31)45(33)10)30-15-16-34(43-32(30)24-41)47(37(49)51-39(2,3)4)38(50)52-40(5,6)7/h11-17,20,23,25,27H,18-19,21-22H2,1-10H3/i8D3,9D3. The number of fused-ring (bicyclic) bond motifs is 1. The molecule has 0 N–H and O–H groups in total. The monoisotopic (exact) mass is 713 g/mol. The number of piperidine rings is 1. The number of nitriles is 1. The molecule has 1 unspecified atom stereocenters. The maximum atomic E-state index is 13.3. The van der Waals surface area contributed by atoms with Gasteiger partial charge in [0.15, 0.2) is 5.69 Å². The molecule has 1 atom stereocenters. The van der Waals surface area contributed by atoms with Crippen molar-refractivity contribution in [1.29, 1.82) is 5.26 Å². The van der Waals surface area contributed by atoms with Gasteiger partial charge in [-0.25, -0.2) is 19.6 Å². The summed E-state index contributed by atoms with van der Waals surface area (Å²) in [6.45, 7) is 7.41. The molecule has 1 aliphatic rings. The van der Waals surface area contributed by atoms with Crippen LogP contribution in [0.15, 0.2) is 54.7 Å². The van der Waals surface area contributed by atoms with Gasteiger partial charge < -0.3 is 18.9 Å². The number of aromatic nitrogens is 3. The van der Waals surface area contributed by atoms with Gasteiger partial charge in [0.2, 0.25) is 0 Å². The van der Waals surface area contributed by atoms with Crippen LogP contribution in [0.3, 0.4) is 0 Å². The topological polar surface area (TPSA) is 134 Å². The van der Waals surface area contributed by atoms with Crippen molar-refractivity contribution in [1.82, 2.24) is 24.3 Å². The molecule has 52 heavy (non-hydrogen) atoms. The molecule has 0 bridgehead atoms. The quantitative estimate of drug-likeness (QED) is 0.196. The summed E-state index contributed by atoms with van der Waals surface area (Å²) >= 11 is 0. The van der Waals surface area contributed by atoms with Crippen molar-refractivity contribution in [3.05, 3.63) is 77.2 Å². The number of benzene rings is 1. The van der Waals surface area contributed by atoms with Crippen LogP contribution in [0.1, 0.15) is 109 Å². The molecular formula is C40H49N7O5. The van der Waals surface area contributed by atoms with E-state index in [1.54, 1.807) is 72.0 Å². The van der Waals surface area contributed by atoms with Crippen LogP contribution in [-0.4, -0.2) is 80.7 Å². The van der Waals surface area contributed by atoms with Gasteiger partial charge in [0.25, 0.3) is 5.91 Å². The number of carbonyl (C=O) groups is 3. The minimum absolute atomic E-state index is 0.0111. The van der Waals surface area contributed by atoms with Gasteiger partial charge in [-0.15, -0.1) is 0 Å². The first kappa shape index (κ1) is 30.4. The van der Waals surface area contributed by atoms with Crippen LogP contribution in [-0.2, 0) is 16.5 Å². The number of carbonyl (C=O) groups excluding carboxylic acids is 3. The first-order valence-electron chi connectivity index (χ1n) is 20.1. The van der Waals surface area contributed by atoms with Crippen LogP contribution in [0.5, 0.6) is 0 Å². The third-order valence-corrected chi connectivity index (χ3v) is 8.96. The highest BCUT2D eigenvalue weighted by Crippen LogP contribution is 2.37. The first-order chi connectivity index (χ1) is 26.8. The van der Waals surface area contributed by atoms with Gasteiger partial charge in [-0.1, -0.05) is 12.1 Å². The highest BCUT2D eigenvalue weighted by Gasteiger charge is 2.34. The SMILES string of the molecule is [2H]C([2H])([2H])N(C(=O)c1ccc(C2CCN(C(C)c3cc4c(-c5ccc(N(C(=O)OC(C)(C)C)C(=O)OC(C)(C)C)nc5C#N)ccnc4n3C)CC2)cc1)C([2H])([2H])[2H]. The Balaban J connectivity index is 1.37. The summed E-state index contributed by atoms with van der Waals surface area (Å²) in [5.74, 6) is -1.03. The predicted molar refractivity (Wildman–Crippen MR) is 200 cm³/mol. The Morgan fingerprint density at radius 2 is 1.56 bits per heavy atom. The van der Waals surface area contributed by atoms with Crippen molar-refractivity contribution in [3.8, 4) is 17.2 Å². The number of imide groups is 1. The average Bonchev–Trinajstić information content (AvgIpc) is 3.45. The van der Waals surface area contributed by atoms with Crippen molar-refractivity contribution in [2.45, 2.75) is 84.5 Å². The van der Waals surface area contributed by atoms with E-state index < -0.39 is 43.2 Å². The number of anilines is 1. The van der Waals surface area contributed by atoms with E-state index in [1.807, 2.05) is 11.6 Å².